The molecule has 0 atom stereocenters. The van der Waals surface area contributed by atoms with Crippen LogP contribution in [0.15, 0.2) is 11.6 Å². The van der Waals surface area contributed by atoms with Crippen LogP contribution in [0.5, 0.6) is 0 Å². The molecule has 0 rings (SSSR count). The van der Waals surface area contributed by atoms with E-state index >= 15 is 0 Å². The number of allylic oxidation sites excluding steroid dienone is 2. The van der Waals surface area contributed by atoms with Crippen LogP contribution in [0.2, 0.25) is 25.7 Å². The van der Waals surface area contributed by atoms with E-state index in [0.29, 0.717) is 0 Å². The molecule has 1 heteroatoms. The van der Waals surface area contributed by atoms with Crippen LogP contribution in [-0.4, -0.2) is 8.07 Å². The molecule has 12 heavy (non-hydrogen) atoms. The first-order chi connectivity index (χ1) is 5.45. The van der Waals surface area contributed by atoms with Gasteiger partial charge in [-0.25, -0.2) is 0 Å². The highest BCUT2D eigenvalue weighted by atomic mass is 28.3. The van der Waals surface area contributed by atoms with Crippen LogP contribution in [0.25, 0.3) is 0 Å². The molecule has 0 saturated carbocycles. The lowest BCUT2D eigenvalue weighted by atomic mass is 10.1. The summed E-state index contributed by atoms with van der Waals surface area (Å²) in [4.78, 5) is 0. The zero-order valence-corrected chi connectivity index (χ0v) is 10.4. The second kappa shape index (κ2) is 5.58. The summed E-state index contributed by atoms with van der Waals surface area (Å²) in [5, 5.41) is 0. The van der Waals surface area contributed by atoms with Gasteiger partial charge in [-0.1, -0.05) is 44.6 Å². The molecular weight excluding hydrogens is 160 g/mol. The molecule has 0 aromatic heterocycles. The molecule has 0 spiro atoms. The molecule has 0 fully saturated rings. The molecule has 0 heterocycles. The van der Waals surface area contributed by atoms with Gasteiger partial charge < -0.3 is 0 Å². The predicted molar refractivity (Wildman–Crippen MR) is 61.4 cm³/mol. The summed E-state index contributed by atoms with van der Waals surface area (Å²) in [5.41, 5.74) is 1.60. The average Bonchev–Trinajstić information content (AvgIpc) is 1.95. The Bertz CT molecular complexity index is 140. The van der Waals surface area contributed by atoms with Crippen molar-refractivity contribution >= 4 is 8.07 Å². The minimum Gasteiger partial charge on any atom is -0.0883 e. The van der Waals surface area contributed by atoms with Crippen molar-refractivity contribution in [1.82, 2.24) is 0 Å². The van der Waals surface area contributed by atoms with Crippen LogP contribution in [0, 0.1) is 0 Å². The van der Waals surface area contributed by atoms with E-state index in [4.69, 9.17) is 0 Å². The summed E-state index contributed by atoms with van der Waals surface area (Å²) in [6, 6.07) is 1.35. The monoisotopic (exact) mass is 184 g/mol. The van der Waals surface area contributed by atoms with Crippen LogP contribution < -0.4 is 0 Å². The van der Waals surface area contributed by atoms with E-state index in [1.165, 1.54) is 25.3 Å². The fourth-order valence-electron chi connectivity index (χ4n) is 1.04. The molecule has 0 nitrogen and oxygen atoms in total. The highest BCUT2D eigenvalue weighted by molar-refractivity contribution is 6.76. The van der Waals surface area contributed by atoms with Crippen LogP contribution in [0.3, 0.4) is 0 Å². The van der Waals surface area contributed by atoms with Gasteiger partial charge in [-0.05, 0) is 25.8 Å². The summed E-state index contributed by atoms with van der Waals surface area (Å²) in [7, 11) is -0.836. The van der Waals surface area contributed by atoms with Gasteiger partial charge in [0.25, 0.3) is 0 Å². The summed E-state index contributed by atoms with van der Waals surface area (Å²) < 4.78 is 0. The van der Waals surface area contributed by atoms with Crippen molar-refractivity contribution in [2.45, 2.75) is 58.8 Å². The summed E-state index contributed by atoms with van der Waals surface area (Å²) in [6.07, 6.45) is 6.44. The van der Waals surface area contributed by atoms with Gasteiger partial charge >= 0.3 is 0 Å². The Morgan fingerprint density at radius 2 is 1.83 bits per heavy atom. The van der Waals surface area contributed by atoms with Crippen molar-refractivity contribution in [3.63, 3.8) is 0 Å². The first-order valence-corrected chi connectivity index (χ1v) is 8.82. The molecule has 0 radical (unpaired) electrons. The molecule has 0 amide bonds. The van der Waals surface area contributed by atoms with Crippen molar-refractivity contribution in [2.75, 3.05) is 0 Å². The largest absolute Gasteiger partial charge is 0.0883 e. The maximum atomic E-state index is 2.46. The Balaban J connectivity index is 3.69. The third-order valence-corrected chi connectivity index (χ3v) is 3.42. The molecule has 0 unspecified atom stereocenters. The van der Waals surface area contributed by atoms with Crippen molar-refractivity contribution in [3.05, 3.63) is 11.6 Å². The van der Waals surface area contributed by atoms with Crippen molar-refractivity contribution < 1.29 is 0 Å². The minimum atomic E-state index is -0.836. The SMILES string of the molecule is CCCC/C(C)=C/C[Si](C)(C)C. The van der Waals surface area contributed by atoms with Crippen molar-refractivity contribution in [1.29, 1.82) is 0 Å². The molecule has 0 bridgehead atoms. The molecule has 0 aromatic carbocycles. The Kier molecular flexibility index (Phi) is 5.56. The zero-order valence-electron chi connectivity index (χ0n) is 9.41. The van der Waals surface area contributed by atoms with Gasteiger partial charge in [0, 0.05) is 8.07 Å². The molecule has 0 aliphatic rings. The van der Waals surface area contributed by atoms with E-state index in [1.807, 2.05) is 0 Å². The van der Waals surface area contributed by atoms with Crippen molar-refractivity contribution in [2.24, 2.45) is 0 Å². The van der Waals surface area contributed by atoms with Crippen LogP contribution in [-0.2, 0) is 0 Å². The van der Waals surface area contributed by atoms with E-state index in [-0.39, 0.29) is 0 Å². The highest BCUT2D eigenvalue weighted by Gasteiger charge is 2.09. The van der Waals surface area contributed by atoms with Gasteiger partial charge in [0.2, 0.25) is 0 Å². The molecule has 0 saturated heterocycles. The van der Waals surface area contributed by atoms with Gasteiger partial charge in [0.15, 0.2) is 0 Å². The smallest absolute Gasteiger partial charge is 0.0480 e. The van der Waals surface area contributed by atoms with Gasteiger partial charge in [0.1, 0.15) is 0 Å². The Hall–Kier alpha value is -0.0431. The second-order valence-electron chi connectivity index (χ2n) is 4.92. The number of unbranched alkanes of at least 4 members (excludes halogenated alkanes) is 1. The lowest BCUT2D eigenvalue weighted by Gasteiger charge is -2.12. The Morgan fingerprint density at radius 3 is 2.25 bits per heavy atom. The average molecular weight is 184 g/mol. The fraction of sp³-hybridized carbons (Fsp3) is 0.818. The van der Waals surface area contributed by atoms with Gasteiger partial charge in [0.05, 0.1) is 0 Å². The topological polar surface area (TPSA) is 0 Å². The van der Waals surface area contributed by atoms with Gasteiger partial charge in [-0.15, -0.1) is 0 Å². The standard InChI is InChI=1S/C11H24Si/c1-6-7-8-11(2)9-10-12(3,4)5/h9H,6-8,10H2,1-5H3/b11-9+. The normalized spacial score (nSPS) is 13.6. The molecule has 72 valence electrons. The lowest BCUT2D eigenvalue weighted by Crippen LogP contribution is -2.17. The predicted octanol–water partition coefficient (Wildman–Crippen LogP) is 4.46. The molecular formula is C11H24Si. The van der Waals surface area contributed by atoms with Crippen LogP contribution in [0.1, 0.15) is 33.1 Å². The third-order valence-electron chi connectivity index (χ3n) is 1.99. The summed E-state index contributed by atoms with van der Waals surface area (Å²) >= 11 is 0. The zero-order chi connectivity index (χ0) is 9.61. The molecule has 0 N–H and O–H groups in total. The Morgan fingerprint density at radius 1 is 1.25 bits per heavy atom. The number of hydrogen-bond acceptors (Lipinski definition) is 0. The first-order valence-electron chi connectivity index (χ1n) is 5.11. The van der Waals surface area contributed by atoms with Crippen LogP contribution >= 0.6 is 0 Å². The third kappa shape index (κ3) is 8.06. The highest BCUT2D eigenvalue weighted by Crippen LogP contribution is 2.13. The first kappa shape index (κ1) is 12.0. The Labute approximate surface area is 79.1 Å². The summed E-state index contributed by atoms with van der Waals surface area (Å²) in [6.45, 7) is 11.8. The quantitative estimate of drug-likeness (QED) is 0.437. The van der Waals surface area contributed by atoms with E-state index in [2.05, 4.69) is 39.6 Å². The molecule has 0 aromatic rings. The number of hydrogen-bond donors (Lipinski definition) is 0. The molecule has 0 aliphatic heterocycles. The lowest BCUT2D eigenvalue weighted by molar-refractivity contribution is 0.786. The van der Waals surface area contributed by atoms with E-state index < -0.39 is 8.07 Å². The van der Waals surface area contributed by atoms with Gasteiger partial charge in [-0.2, -0.15) is 0 Å². The maximum Gasteiger partial charge on any atom is 0.0480 e. The van der Waals surface area contributed by atoms with E-state index in [0.717, 1.165) is 0 Å². The summed E-state index contributed by atoms with van der Waals surface area (Å²) in [5.74, 6) is 0. The van der Waals surface area contributed by atoms with Crippen LogP contribution in [0.4, 0.5) is 0 Å². The minimum absolute atomic E-state index is 0.836. The fourth-order valence-corrected chi connectivity index (χ4v) is 2.00. The van der Waals surface area contributed by atoms with Crippen molar-refractivity contribution in [3.8, 4) is 0 Å². The van der Waals surface area contributed by atoms with E-state index in [9.17, 15) is 0 Å². The molecule has 0 aliphatic carbocycles. The maximum absolute atomic E-state index is 2.46. The van der Waals surface area contributed by atoms with E-state index in [1.54, 1.807) is 5.57 Å². The van der Waals surface area contributed by atoms with Gasteiger partial charge in [-0.3, -0.25) is 0 Å². The number of rotatable bonds is 5. The second-order valence-corrected chi connectivity index (χ2v) is 10.4.